The Labute approximate surface area is 312 Å². The highest BCUT2D eigenvalue weighted by Crippen LogP contribution is 2.49. The van der Waals surface area contributed by atoms with Crippen LogP contribution in [0.1, 0.15) is 83.0 Å². The molecular weight excluding hydrogens is 780 g/mol. The van der Waals surface area contributed by atoms with Crippen LogP contribution in [0.2, 0.25) is 0 Å². The number of hydrogen-bond acceptors (Lipinski definition) is 10. The molecule has 4 aromatic rings. The summed E-state index contributed by atoms with van der Waals surface area (Å²) < 4.78 is 18.1. The number of Topliss-reactive ketones (excluding diaryl/α,β-unsaturated/α-hetero) is 2. The molecule has 0 amide bonds. The smallest absolute Gasteiger partial charge is 0.226 e. The van der Waals surface area contributed by atoms with Gasteiger partial charge in [-0.2, -0.15) is 20.2 Å². The molecule has 8 rings (SSSR count). The lowest BCUT2D eigenvalue weighted by Crippen LogP contribution is -2.36. The minimum absolute atomic E-state index is 0.0952. The number of rotatable bonds is 8. The molecule has 2 aromatic heterocycles. The number of benzene rings is 2. The largest absolute Gasteiger partial charge is 0.493 e. The number of ether oxygens (including phenoxy) is 2. The molecule has 0 saturated heterocycles. The minimum atomic E-state index is -0.477. The molecule has 14 heteroatoms. The van der Waals surface area contributed by atoms with E-state index in [2.05, 4.69) is 90.4 Å². The Morgan fingerprint density at radius 1 is 0.706 bits per heavy atom. The minimum Gasteiger partial charge on any atom is -0.493 e. The summed E-state index contributed by atoms with van der Waals surface area (Å²) in [7, 11) is 0. The molecule has 0 spiro atoms. The molecule has 2 atom stereocenters. The normalized spacial score (nSPS) is 21.6. The van der Waals surface area contributed by atoms with Gasteiger partial charge in [-0.1, -0.05) is 59.6 Å². The van der Waals surface area contributed by atoms with E-state index < -0.39 is 12.1 Å². The molecule has 0 bridgehead atoms. The average Bonchev–Trinajstić information content (AvgIpc) is 3.72. The first-order valence-corrected chi connectivity index (χ1v) is 18.7. The number of carbonyl (C=O) groups excluding carboxylic acids is 2. The van der Waals surface area contributed by atoms with E-state index in [4.69, 9.17) is 9.47 Å². The van der Waals surface area contributed by atoms with E-state index in [1.54, 1.807) is 9.36 Å². The zero-order valence-electron chi connectivity index (χ0n) is 28.8. The van der Waals surface area contributed by atoms with Gasteiger partial charge in [0, 0.05) is 61.9 Å². The van der Waals surface area contributed by atoms with Gasteiger partial charge in [-0.25, -0.2) is 9.36 Å². The number of hydrogen-bond donors (Lipinski definition) is 2. The number of halogens is 2. The van der Waals surface area contributed by atoms with E-state index >= 15 is 0 Å². The highest BCUT2D eigenvalue weighted by Gasteiger charge is 2.44. The molecule has 0 fully saturated rings. The molecular formula is C37H38Br2N8O4. The summed E-state index contributed by atoms with van der Waals surface area (Å²) in [5.74, 6) is 2.71. The fraction of sp³-hybridized carbons (Fsp3) is 0.405. The number of fused-ring (bicyclic) bond motifs is 2. The van der Waals surface area contributed by atoms with E-state index in [0.717, 1.165) is 44.3 Å². The summed E-state index contributed by atoms with van der Waals surface area (Å²) in [6.45, 7) is 9.18. The van der Waals surface area contributed by atoms with Crippen molar-refractivity contribution in [1.29, 1.82) is 0 Å². The second-order valence-electron chi connectivity index (χ2n) is 15.2. The first kappa shape index (κ1) is 33.8. The Morgan fingerprint density at radius 3 is 1.57 bits per heavy atom. The molecule has 4 heterocycles. The van der Waals surface area contributed by atoms with E-state index in [0.29, 0.717) is 67.0 Å². The summed E-state index contributed by atoms with van der Waals surface area (Å²) in [6, 6.07) is 10.7. The van der Waals surface area contributed by atoms with Crippen LogP contribution in [0.3, 0.4) is 0 Å². The number of allylic oxidation sites excluding steroid dienone is 4. The maximum atomic E-state index is 13.7. The number of carbonyl (C=O) groups is 2. The van der Waals surface area contributed by atoms with E-state index in [1.807, 2.05) is 36.4 Å². The Balaban J connectivity index is 1.03. The molecule has 12 nitrogen and oxygen atoms in total. The van der Waals surface area contributed by atoms with Gasteiger partial charge in [0.2, 0.25) is 11.9 Å². The Bertz CT molecular complexity index is 2000. The maximum absolute atomic E-state index is 13.7. The van der Waals surface area contributed by atoms with Gasteiger partial charge in [0.15, 0.2) is 11.6 Å². The molecule has 51 heavy (non-hydrogen) atoms. The zero-order chi connectivity index (χ0) is 35.7. The third-order valence-electron chi connectivity index (χ3n) is 9.88. The van der Waals surface area contributed by atoms with Crippen molar-refractivity contribution in [2.75, 3.05) is 23.8 Å². The standard InChI is InChI=1S/C37H38Br2N8O4/c1-36(2)14-24-30(26(48)16-36)32(46-34(44-24)40-18-42-46)22-12-20(38)6-8-28(22)50-10-5-11-51-29-9-7-21(39)13-23(29)33-31-25(15-37(3,4)17-27(31)49)45-35-41-19-43-47(33)35/h6-9,12-13,18-19,32-33H,5,10-11,14-17H2,1-4H3,(H,40,42,44)(H,41,43,45). The second-order valence-corrected chi connectivity index (χ2v) is 17.0. The fourth-order valence-electron chi connectivity index (χ4n) is 7.83. The van der Waals surface area contributed by atoms with Crippen molar-refractivity contribution >= 4 is 55.3 Å². The maximum Gasteiger partial charge on any atom is 0.226 e. The van der Waals surface area contributed by atoms with Gasteiger partial charge in [-0.15, -0.1) is 0 Å². The van der Waals surface area contributed by atoms with Crippen molar-refractivity contribution in [3.63, 3.8) is 0 Å². The highest BCUT2D eigenvalue weighted by atomic mass is 79.9. The number of anilines is 2. The van der Waals surface area contributed by atoms with E-state index in [9.17, 15) is 9.59 Å². The van der Waals surface area contributed by atoms with Gasteiger partial charge in [0.25, 0.3) is 0 Å². The van der Waals surface area contributed by atoms with Crippen LogP contribution in [0, 0.1) is 10.8 Å². The first-order valence-electron chi connectivity index (χ1n) is 17.1. The van der Waals surface area contributed by atoms with Gasteiger partial charge < -0.3 is 20.1 Å². The number of nitrogens with zero attached hydrogens (tertiary/aromatic N) is 6. The SMILES string of the molecule is CC1(C)CC(=O)C2=C(C1)Nc1ncnn1C2c1cc(Br)ccc1OCCCOc1ccc(Br)cc1C1C2=C(CC(C)(C)CC2=O)Nc2ncnn21. The van der Waals surface area contributed by atoms with Crippen LogP contribution < -0.4 is 20.1 Å². The summed E-state index contributed by atoms with van der Waals surface area (Å²) in [6.07, 6.45) is 5.96. The van der Waals surface area contributed by atoms with Gasteiger partial charge in [-0.3, -0.25) is 9.59 Å². The molecule has 0 radical (unpaired) electrons. The van der Waals surface area contributed by atoms with Crippen molar-refractivity contribution in [1.82, 2.24) is 29.5 Å². The van der Waals surface area contributed by atoms with Crippen LogP contribution in [0.15, 0.2) is 80.5 Å². The molecule has 2 N–H and O–H groups in total. The zero-order valence-corrected chi connectivity index (χ0v) is 32.0. The molecule has 2 unspecified atom stereocenters. The molecule has 264 valence electrons. The van der Waals surface area contributed by atoms with Crippen LogP contribution in [-0.4, -0.2) is 54.3 Å². The quantitative estimate of drug-likeness (QED) is 0.172. The number of nitrogens with one attached hydrogen (secondary N) is 2. The van der Waals surface area contributed by atoms with Crippen molar-refractivity contribution < 1.29 is 19.1 Å². The third kappa shape index (κ3) is 6.30. The molecule has 2 aliphatic heterocycles. The lowest BCUT2D eigenvalue weighted by molar-refractivity contribution is -0.119. The Kier molecular flexibility index (Phi) is 8.44. The third-order valence-corrected chi connectivity index (χ3v) is 10.9. The fourth-order valence-corrected chi connectivity index (χ4v) is 8.58. The van der Waals surface area contributed by atoms with Crippen LogP contribution in [0.5, 0.6) is 11.5 Å². The van der Waals surface area contributed by atoms with E-state index in [-0.39, 0.29) is 22.4 Å². The Hall–Kier alpha value is -4.30. The number of ketones is 2. The highest BCUT2D eigenvalue weighted by molar-refractivity contribution is 9.10. The van der Waals surface area contributed by atoms with Crippen LogP contribution in [0.25, 0.3) is 0 Å². The summed E-state index contributed by atoms with van der Waals surface area (Å²) in [5, 5.41) is 15.8. The first-order chi connectivity index (χ1) is 24.4. The Morgan fingerprint density at radius 2 is 1.14 bits per heavy atom. The van der Waals surface area contributed by atoms with Crippen molar-refractivity contribution in [2.24, 2.45) is 10.8 Å². The van der Waals surface area contributed by atoms with Gasteiger partial charge in [0.05, 0.1) is 13.2 Å². The van der Waals surface area contributed by atoms with Gasteiger partial charge in [-0.05, 0) is 60.1 Å². The van der Waals surface area contributed by atoms with E-state index in [1.165, 1.54) is 12.7 Å². The van der Waals surface area contributed by atoms with Crippen LogP contribution in [0.4, 0.5) is 11.9 Å². The van der Waals surface area contributed by atoms with Gasteiger partial charge in [0.1, 0.15) is 36.2 Å². The van der Waals surface area contributed by atoms with Crippen molar-refractivity contribution in [2.45, 2.75) is 71.9 Å². The van der Waals surface area contributed by atoms with Crippen molar-refractivity contribution in [3.8, 4) is 11.5 Å². The van der Waals surface area contributed by atoms with Crippen LogP contribution in [-0.2, 0) is 9.59 Å². The summed E-state index contributed by atoms with van der Waals surface area (Å²) in [4.78, 5) is 36.2. The molecule has 4 aliphatic rings. The molecule has 2 aliphatic carbocycles. The topological polar surface area (TPSA) is 138 Å². The lowest BCUT2D eigenvalue weighted by Gasteiger charge is -2.38. The average molecular weight is 819 g/mol. The summed E-state index contributed by atoms with van der Waals surface area (Å²) >= 11 is 7.27. The second kappa shape index (κ2) is 12.7. The molecule has 0 saturated carbocycles. The summed E-state index contributed by atoms with van der Waals surface area (Å²) in [5.41, 5.74) is 4.52. The van der Waals surface area contributed by atoms with Crippen LogP contribution >= 0.6 is 31.9 Å². The van der Waals surface area contributed by atoms with Gasteiger partial charge >= 0.3 is 0 Å². The lowest BCUT2D eigenvalue weighted by atomic mass is 9.73. The predicted octanol–water partition coefficient (Wildman–Crippen LogP) is 7.56. The monoisotopic (exact) mass is 816 g/mol. The predicted molar refractivity (Wildman–Crippen MR) is 198 cm³/mol. The molecule has 2 aromatic carbocycles. The number of aromatic nitrogens is 6. The van der Waals surface area contributed by atoms with Crippen molar-refractivity contribution in [3.05, 3.63) is 91.7 Å².